The minimum absolute atomic E-state index is 0.00869. The van der Waals surface area contributed by atoms with E-state index in [1.807, 2.05) is 0 Å². The number of carboxylic acid groups (broad SMARTS) is 1. The van der Waals surface area contributed by atoms with Gasteiger partial charge < -0.3 is 53.8 Å². The first-order chi connectivity index (χ1) is 34.0. The molecule has 0 spiro atoms. The van der Waals surface area contributed by atoms with Crippen LogP contribution in [0.4, 0.5) is 0 Å². The van der Waals surface area contributed by atoms with Crippen LogP contribution in [0.5, 0.6) is 0 Å². The van der Waals surface area contributed by atoms with Crippen LogP contribution in [0, 0.1) is 0 Å². The highest BCUT2D eigenvalue weighted by molar-refractivity contribution is 7.09. The molecule has 0 aliphatic carbocycles. The Morgan fingerprint density at radius 3 is 1.31 bits per heavy atom. The number of methoxy groups -OCH3 is 3. The number of unbranched alkanes of at least 4 members (excludes halogenated alkanes) is 24. The molecule has 1 rings (SSSR count). The first kappa shape index (κ1) is 66.0. The van der Waals surface area contributed by atoms with Crippen LogP contribution in [0.15, 0.2) is 0 Å². The van der Waals surface area contributed by atoms with Gasteiger partial charge >= 0.3 is 11.9 Å². The van der Waals surface area contributed by atoms with E-state index >= 15 is 0 Å². The number of amides is 2. The number of hydrogen-bond acceptors (Lipinski definition) is 12. The molecule has 412 valence electrons. The molecule has 10 atom stereocenters. The van der Waals surface area contributed by atoms with Crippen molar-refractivity contribution in [2.24, 2.45) is 0 Å². The largest absolute Gasteiger partial charge is 0.480 e. The first-order valence-electron chi connectivity index (χ1n) is 27.8. The number of aliphatic hydroxyl groups excluding tert-OH is 1. The van der Waals surface area contributed by atoms with Gasteiger partial charge in [0.15, 0.2) is 18.4 Å². The van der Waals surface area contributed by atoms with Gasteiger partial charge in [-0.1, -0.05) is 194 Å². The second-order valence-electron chi connectivity index (χ2n) is 19.7. The SMILES string of the molecule is CCCCCCCCCCCC(CC(=O)NC(CO[C@@H]1OC(CO)[C@H](OP)C(OC(=O)CC(CCCCCCCCCCC)OC)C1NC(=O)CC(CCCCCCCCCCC)OC)C(=O)O)OC. The van der Waals surface area contributed by atoms with Gasteiger partial charge in [-0.25, -0.2) is 4.79 Å². The lowest BCUT2D eigenvalue weighted by molar-refractivity contribution is -0.269. The summed E-state index contributed by atoms with van der Waals surface area (Å²) in [5.74, 6) is -2.90. The van der Waals surface area contributed by atoms with E-state index in [1.54, 1.807) is 21.3 Å². The topological polar surface area (TPSA) is 197 Å². The number of hydrogen-bond donors (Lipinski definition) is 4. The van der Waals surface area contributed by atoms with E-state index in [9.17, 15) is 29.4 Å². The van der Waals surface area contributed by atoms with Crippen LogP contribution in [0.2, 0.25) is 0 Å². The summed E-state index contributed by atoms with van der Waals surface area (Å²) in [5, 5.41) is 26.2. The van der Waals surface area contributed by atoms with E-state index in [-0.39, 0.29) is 31.5 Å². The molecule has 0 bridgehead atoms. The summed E-state index contributed by atoms with van der Waals surface area (Å²) in [6.45, 7) is 5.50. The number of carbonyl (C=O) groups is 4. The second kappa shape index (κ2) is 44.5. The molecule has 1 saturated heterocycles. The molecule has 0 radical (unpaired) electrons. The van der Waals surface area contributed by atoms with Gasteiger partial charge in [-0.3, -0.25) is 14.4 Å². The Bertz CT molecular complexity index is 1300. The van der Waals surface area contributed by atoms with E-state index in [2.05, 4.69) is 40.9 Å². The molecule has 0 aromatic rings. The maximum Gasteiger partial charge on any atom is 0.328 e. The van der Waals surface area contributed by atoms with Gasteiger partial charge in [-0.05, 0) is 19.3 Å². The van der Waals surface area contributed by atoms with Gasteiger partial charge in [0, 0.05) is 30.8 Å². The first-order valence-corrected chi connectivity index (χ1v) is 28.3. The van der Waals surface area contributed by atoms with Gasteiger partial charge in [-0.15, -0.1) is 0 Å². The lowest BCUT2D eigenvalue weighted by atomic mass is 9.95. The number of aliphatic carboxylic acids is 1. The van der Waals surface area contributed by atoms with Crippen molar-refractivity contribution in [1.29, 1.82) is 0 Å². The Balaban J connectivity index is 3.14. The Kier molecular flexibility index (Phi) is 42.0. The average molecular weight is 1020 g/mol. The van der Waals surface area contributed by atoms with Crippen LogP contribution >= 0.6 is 9.47 Å². The highest BCUT2D eigenvalue weighted by atomic mass is 31.0. The third kappa shape index (κ3) is 31.6. The van der Waals surface area contributed by atoms with Crippen molar-refractivity contribution in [3.8, 4) is 0 Å². The number of esters is 1. The minimum atomic E-state index is -1.50. The lowest BCUT2D eigenvalue weighted by Crippen LogP contribution is -2.66. The van der Waals surface area contributed by atoms with E-state index in [0.717, 1.165) is 57.8 Å². The predicted molar refractivity (Wildman–Crippen MR) is 279 cm³/mol. The number of rotatable bonds is 48. The van der Waals surface area contributed by atoms with Crippen molar-refractivity contribution in [2.45, 2.75) is 288 Å². The molecule has 8 unspecified atom stereocenters. The Hall–Kier alpha value is -1.97. The Labute approximate surface area is 427 Å². The van der Waals surface area contributed by atoms with E-state index in [4.69, 9.17) is 32.9 Å². The van der Waals surface area contributed by atoms with E-state index in [1.165, 1.54) is 116 Å². The molecule has 15 nitrogen and oxygen atoms in total. The molecular formula is C54H103N2O13P. The fourth-order valence-electron chi connectivity index (χ4n) is 9.27. The highest BCUT2D eigenvalue weighted by Gasteiger charge is 2.50. The van der Waals surface area contributed by atoms with Crippen molar-refractivity contribution in [2.75, 3.05) is 34.5 Å². The zero-order valence-electron chi connectivity index (χ0n) is 44.9. The molecule has 1 aliphatic heterocycles. The molecule has 16 heteroatoms. The molecule has 0 aromatic heterocycles. The molecular weight excluding hydrogens is 916 g/mol. The molecule has 1 heterocycles. The summed E-state index contributed by atoms with van der Waals surface area (Å²) in [6, 6.07) is -2.72. The minimum Gasteiger partial charge on any atom is -0.480 e. The molecule has 4 N–H and O–H groups in total. The van der Waals surface area contributed by atoms with Crippen LogP contribution in [0.25, 0.3) is 0 Å². The fourth-order valence-corrected chi connectivity index (χ4v) is 9.60. The van der Waals surface area contributed by atoms with Crippen molar-refractivity contribution < 1.29 is 62.3 Å². The van der Waals surface area contributed by atoms with Crippen LogP contribution < -0.4 is 10.6 Å². The van der Waals surface area contributed by atoms with Crippen molar-refractivity contribution in [3.05, 3.63) is 0 Å². The normalized spacial score (nSPS) is 19.9. The Morgan fingerprint density at radius 2 is 0.943 bits per heavy atom. The maximum absolute atomic E-state index is 13.9. The third-order valence-corrected chi connectivity index (χ3v) is 14.1. The van der Waals surface area contributed by atoms with Crippen LogP contribution in [-0.4, -0.2) is 124 Å². The number of ether oxygens (including phenoxy) is 6. The lowest BCUT2D eigenvalue weighted by Gasteiger charge is -2.45. The predicted octanol–water partition coefficient (Wildman–Crippen LogP) is 10.8. The van der Waals surface area contributed by atoms with Gasteiger partial charge in [0.25, 0.3) is 0 Å². The zero-order valence-corrected chi connectivity index (χ0v) is 46.1. The van der Waals surface area contributed by atoms with Gasteiger partial charge in [0.1, 0.15) is 18.2 Å². The monoisotopic (exact) mass is 1020 g/mol. The van der Waals surface area contributed by atoms with Gasteiger partial charge in [-0.2, -0.15) is 0 Å². The third-order valence-electron chi connectivity index (χ3n) is 13.7. The summed E-state index contributed by atoms with van der Waals surface area (Å²) in [6.07, 6.45) is 27.4. The molecule has 0 aromatic carbocycles. The quantitative estimate of drug-likeness (QED) is 0.0255. The van der Waals surface area contributed by atoms with E-state index < -0.39 is 79.8 Å². The number of carbonyl (C=O) groups excluding carboxylic acids is 3. The maximum atomic E-state index is 13.9. The van der Waals surface area contributed by atoms with Gasteiger partial charge in [0.2, 0.25) is 11.8 Å². The van der Waals surface area contributed by atoms with Gasteiger partial charge in [0.05, 0.1) is 50.8 Å². The summed E-state index contributed by atoms with van der Waals surface area (Å²) >= 11 is 0. The molecule has 2 amide bonds. The van der Waals surface area contributed by atoms with Crippen LogP contribution in [0.3, 0.4) is 0 Å². The number of aliphatic hydroxyl groups is 1. The fraction of sp³-hybridized carbons (Fsp3) is 0.926. The molecule has 70 heavy (non-hydrogen) atoms. The van der Waals surface area contributed by atoms with Crippen molar-refractivity contribution >= 4 is 33.2 Å². The van der Waals surface area contributed by atoms with Crippen LogP contribution in [-0.2, 0) is 52.1 Å². The highest BCUT2D eigenvalue weighted by Crippen LogP contribution is 2.30. The zero-order chi connectivity index (χ0) is 51.6. The standard InChI is InChI=1S/C54H103N2O13P/c1-7-10-13-16-19-22-25-28-31-34-42(63-4)37-47(58)55-45(53(61)62)41-66-54-50(56-48(59)38-43(64-5)35-32-29-26-23-20-17-14-11-8-2)52(51(69-70)46(40-57)67-54)68-49(60)39-44(65-6)36-33-30-27-24-21-18-15-12-9-3/h42-46,50-52,54,57H,7-41,70H2,1-6H3,(H,55,58)(H,56,59)(H,61,62)/t42?,43?,44?,45?,46?,50?,51-,52?,54+/m0/s1. The smallest absolute Gasteiger partial charge is 0.328 e. The number of nitrogens with one attached hydrogen (secondary N) is 2. The van der Waals surface area contributed by atoms with Crippen LogP contribution in [0.1, 0.15) is 233 Å². The Morgan fingerprint density at radius 1 is 0.557 bits per heavy atom. The molecule has 0 saturated carbocycles. The summed E-state index contributed by atoms with van der Waals surface area (Å²) in [5.41, 5.74) is 0. The summed E-state index contributed by atoms with van der Waals surface area (Å²) < 4.78 is 41.2. The van der Waals surface area contributed by atoms with E-state index in [0.29, 0.717) is 19.3 Å². The number of carboxylic acids is 1. The summed E-state index contributed by atoms with van der Waals surface area (Å²) in [7, 11) is 6.81. The summed E-state index contributed by atoms with van der Waals surface area (Å²) in [4.78, 5) is 53.5. The molecule has 1 aliphatic rings. The second-order valence-corrected chi connectivity index (χ2v) is 20.0. The van der Waals surface area contributed by atoms with Crippen molar-refractivity contribution in [1.82, 2.24) is 10.6 Å². The molecule has 1 fully saturated rings. The van der Waals surface area contributed by atoms with Crippen molar-refractivity contribution in [3.63, 3.8) is 0 Å². The average Bonchev–Trinajstić information content (AvgIpc) is 3.35.